The van der Waals surface area contributed by atoms with Crippen LogP contribution < -0.4 is 0 Å². The molecule has 0 N–H and O–H groups in total. The summed E-state index contributed by atoms with van der Waals surface area (Å²) in [5.41, 5.74) is 2.92. The lowest BCUT2D eigenvalue weighted by Gasteiger charge is -2.09. The molecule has 0 aliphatic heterocycles. The van der Waals surface area contributed by atoms with Crippen molar-refractivity contribution in [3.8, 4) is 0 Å². The molecule has 1 aromatic carbocycles. The molecular weight excluding hydrogens is 259 g/mol. The Balaban J connectivity index is 2.86. The van der Waals surface area contributed by atoms with Crippen LogP contribution in [0.1, 0.15) is 37.3 Å². The Bertz CT molecular complexity index is 243. The molecule has 0 fully saturated rings. The van der Waals surface area contributed by atoms with E-state index in [0.717, 1.165) is 4.43 Å². The maximum absolute atomic E-state index is 2.41. The lowest BCUT2D eigenvalue weighted by atomic mass is 9.97. The first-order chi connectivity index (χ1) is 5.77. The third kappa shape index (κ3) is 2.47. The number of benzene rings is 1. The van der Waals surface area contributed by atoms with Crippen LogP contribution in [0.3, 0.4) is 0 Å². The maximum atomic E-state index is 2.41. The third-order valence-electron chi connectivity index (χ3n) is 2.29. The van der Waals surface area contributed by atoms with E-state index in [9.17, 15) is 0 Å². The molecule has 0 nitrogen and oxygen atoms in total. The lowest BCUT2D eigenvalue weighted by Crippen LogP contribution is -1.91. The smallest absolute Gasteiger partial charge is 0.0247 e. The molecule has 1 atom stereocenters. The molecule has 0 aliphatic rings. The van der Waals surface area contributed by atoms with E-state index < -0.39 is 0 Å². The fourth-order valence-corrected chi connectivity index (χ4v) is 1.69. The monoisotopic (exact) mass is 274 g/mol. The first-order valence-electron chi connectivity index (χ1n) is 4.42. The van der Waals surface area contributed by atoms with Crippen molar-refractivity contribution < 1.29 is 0 Å². The van der Waals surface area contributed by atoms with Crippen molar-refractivity contribution in [3.05, 3.63) is 35.4 Å². The van der Waals surface area contributed by atoms with Crippen LogP contribution in [0.4, 0.5) is 0 Å². The van der Waals surface area contributed by atoms with Crippen LogP contribution in [0.2, 0.25) is 0 Å². The molecule has 66 valence electrons. The van der Waals surface area contributed by atoms with Crippen molar-refractivity contribution in [1.29, 1.82) is 0 Å². The summed E-state index contributed by atoms with van der Waals surface area (Å²) in [4.78, 5) is 0. The van der Waals surface area contributed by atoms with Gasteiger partial charge in [-0.25, -0.2) is 0 Å². The van der Waals surface area contributed by atoms with E-state index in [1.165, 1.54) is 17.5 Å². The van der Waals surface area contributed by atoms with Crippen LogP contribution in [0.15, 0.2) is 24.3 Å². The zero-order valence-electron chi connectivity index (χ0n) is 7.68. The third-order valence-corrected chi connectivity index (χ3v) is 3.17. The zero-order valence-corrected chi connectivity index (χ0v) is 9.84. The number of alkyl halides is 1. The second kappa shape index (κ2) is 4.85. The highest BCUT2D eigenvalue weighted by atomic mass is 127. The molecule has 1 rings (SSSR count). The standard InChI is InChI=1S/C11H15I/c1-3-9(2)11-6-4-5-10(7-11)8-12/h4-7,9H,3,8H2,1-2H3. The van der Waals surface area contributed by atoms with Gasteiger partial charge >= 0.3 is 0 Å². The van der Waals surface area contributed by atoms with Gasteiger partial charge in [0.15, 0.2) is 0 Å². The molecular formula is C11H15I. The van der Waals surface area contributed by atoms with Crippen LogP contribution in [0.5, 0.6) is 0 Å². The molecule has 0 bridgehead atoms. The predicted molar refractivity (Wildman–Crippen MR) is 62.9 cm³/mol. The van der Waals surface area contributed by atoms with Gasteiger partial charge in [-0.3, -0.25) is 0 Å². The van der Waals surface area contributed by atoms with E-state index in [2.05, 4.69) is 60.7 Å². The van der Waals surface area contributed by atoms with Gasteiger partial charge in [-0.2, -0.15) is 0 Å². The van der Waals surface area contributed by atoms with Crippen LogP contribution >= 0.6 is 22.6 Å². The van der Waals surface area contributed by atoms with Crippen molar-refractivity contribution in [2.75, 3.05) is 0 Å². The van der Waals surface area contributed by atoms with Gasteiger partial charge in [0, 0.05) is 4.43 Å². The van der Waals surface area contributed by atoms with Crippen molar-refractivity contribution in [3.63, 3.8) is 0 Å². The average molecular weight is 274 g/mol. The Morgan fingerprint density at radius 2 is 2.17 bits per heavy atom. The molecule has 0 aliphatic carbocycles. The summed E-state index contributed by atoms with van der Waals surface area (Å²) in [5.74, 6) is 0.702. The number of hydrogen-bond acceptors (Lipinski definition) is 0. The Kier molecular flexibility index (Phi) is 4.06. The van der Waals surface area contributed by atoms with Crippen LogP contribution in [-0.2, 0) is 4.43 Å². The molecule has 0 saturated carbocycles. The Morgan fingerprint density at radius 3 is 2.75 bits per heavy atom. The van der Waals surface area contributed by atoms with Crippen molar-refractivity contribution in [2.45, 2.75) is 30.6 Å². The van der Waals surface area contributed by atoms with Crippen molar-refractivity contribution in [1.82, 2.24) is 0 Å². The summed E-state index contributed by atoms with van der Waals surface area (Å²) in [7, 11) is 0. The Labute approximate surface area is 88.5 Å². The molecule has 0 radical (unpaired) electrons. The van der Waals surface area contributed by atoms with Crippen molar-refractivity contribution in [2.24, 2.45) is 0 Å². The second-order valence-electron chi connectivity index (χ2n) is 3.19. The average Bonchev–Trinajstić information content (AvgIpc) is 2.17. The SMILES string of the molecule is CCC(C)c1cccc(CI)c1. The van der Waals surface area contributed by atoms with E-state index >= 15 is 0 Å². The molecule has 12 heavy (non-hydrogen) atoms. The topological polar surface area (TPSA) is 0 Å². The van der Waals surface area contributed by atoms with Crippen LogP contribution in [-0.4, -0.2) is 0 Å². The molecule has 0 heterocycles. The molecule has 0 saturated heterocycles. The quantitative estimate of drug-likeness (QED) is 0.574. The van der Waals surface area contributed by atoms with Gasteiger partial charge in [0.2, 0.25) is 0 Å². The Morgan fingerprint density at radius 1 is 1.42 bits per heavy atom. The number of halogens is 1. The molecule has 1 unspecified atom stereocenters. The zero-order chi connectivity index (χ0) is 8.97. The fraction of sp³-hybridized carbons (Fsp3) is 0.455. The number of rotatable bonds is 3. The minimum atomic E-state index is 0.702. The van der Waals surface area contributed by atoms with Crippen LogP contribution in [0, 0.1) is 0 Å². The summed E-state index contributed by atoms with van der Waals surface area (Å²) in [6.07, 6.45) is 1.23. The molecule has 0 amide bonds. The summed E-state index contributed by atoms with van der Waals surface area (Å²) in [6.45, 7) is 4.52. The molecule has 1 aromatic rings. The van der Waals surface area contributed by atoms with Gasteiger partial charge in [-0.15, -0.1) is 0 Å². The van der Waals surface area contributed by atoms with Gasteiger partial charge in [-0.1, -0.05) is 60.7 Å². The largest absolute Gasteiger partial charge is 0.0812 e. The highest BCUT2D eigenvalue weighted by Gasteiger charge is 2.02. The summed E-state index contributed by atoms with van der Waals surface area (Å²) in [6, 6.07) is 8.90. The van der Waals surface area contributed by atoms with E-state index in [0.29, 0.717) is 5.92 Å². The maximum Gasteiger partial charge on any atom is 0.0247 e. The van der Waals surface area contributed by atoms with Gasteiger partial charge in [-0.05, 0) is 23.5 Å². The second-order valence-corrected chi connectivity index (χ2v) is 3.95. The van der Waals surface area contributed by atoms with Gasteiger partial charge in [0.1, 0.15) is 0 Å². The fourth-order valence-electron chi connectivity index (χ4n) is 1.22. The van der Waals surface area contributed by atoms with E-state index in [1.54, 1.807) is 0 Å². The summed E-state index contributed by atoms with van der Waals surface area (Å²) < 4.78 is 1.11. The van der Waals surface area contributed by atoms with Gasteiger partial charge in [0.05, 0.1) is 0 Å². The van der Waals surface area contributed by atoms with Crippen molar-refractivity contribution >= 4 is 22.6 Å². The highest BCUT2D eigenvalue weighted by Crippen LogP contribution is 2.20. The van der Waals surface area contributed by atoms with Gasteiger partial charge < -0.3 is 0 Å². The van der Waals surface area contributed by atoms with E-state index in [-0.39, 0.29) is 0 Å². The molecule has 0 spiro atoms. The number of hydrogen-bond donors (Lipinski definition) is 0. The molecule has 0 aromatic heterocycles. The Hall–Kier alpha value is -0.0500. The first kappa shape index (κ1) is 10.0. The first-order valence-corrected chi connectivity index (χ1v) is 5.95. The summed E-state index contributed by atoms with van der Waals surface area (Å²) in [5, 5.41) is 0. The van der Waals surface area contributed by atoms with Crippen LogP contribution in [0.25, 0.3) is 0 Å². The summed E-state index contributed by atoms with van der Waals surface area (Å²) >= 11 is 2.41. The minimum Gasteiger partial charge on any atom is -0.0812 e. The highest BCUT2D eigenvalue weighted by molar-refractivity contribution is 14.1. The normalized spacial score (nSPS) is 12.9. The van der Waals surface area contributed by atoms with E-state index in [1.807, 2.05) is 0 Å². The minimum absolute atomic E-state index is 0.702. The lowest BCUT2D eigenvalue weighted by molar-refractivity contribution is 0.733. The van der Waals surface area contributed by atoms with E-state index in [4.69, 9.17) is 0 Å². The molecule has 1 heteroatoms. The van der Waals surface area contributed by atoms with Gasteiger partial charge in [0.25, 0.3) is 0 Å². The predicted octanol–water partition coefficient (Wildman–Crippen LogP) is 4.14.